The van der Waals surface area contributed by atoms with Gasteiger partial charge in [0.05, 0.1) is 12.2 Å². The van der Waals surface area contributed by atoms with Crippen molar-refractivity contribution in [1.82, 2.24) is 0 Å². The van der Waals surface area contributed by atoms with Gasteiger partial charge in [0.1, 0.15) is 6.10 Å². The van der Waals surface area contributed by atoms with Gasteiger partial charge in [-0.1, -0.05) is 13.8 Å². The lowest BCUT2D eigenvalue weighted by atomic mass is 10.00. The van der Waals surface area contributed by atoms with Crippen molar-refractivity contribution in [3.05, 3.63) is 0 Å². The van der Waals surface area contributed by atoms with E-state index in [0.29, 0.717) is 0 Å². The summed E-state index contributed by atoms with van der Waals surface area (Å²) in [5, 5.41) is 8.68. The molecule has 2 heteroatoms. The molecule has 1 aliphatic rings. The first-order chi connectivity index (χ1) is 4.29. The summed E-state index contributed by atoms with van der Waals surface area (Å²) >= 11 is 0. The first kappa shape index (κ1) is 7.03. The second kappa shape index (κ2) is 2.27. The minimum absolute atomic E-state index is 0.0503. The molecule has 1 fully saturated rings. The molecular weight excluding hydrogens is 116 g/mol. The molecule has 0 aromatic heterocycles. The Bertz CT molecular complexity index is 97.1. The predicted octanol–water partition coefficient (Wildman–Crippen LogP) is 0.936. The second-order valence-electron chi connectivity index (χ2n) is 2.56. The Kier molecular flexibility index (Phi) is 1.78. The van der Waals surface area contributed by atoms with E-state index in [4.69, 9.17) is 9.84 Å². The highest BCUT2D eigenvalue weighted by molar-refractivity contribution is 5.00. The Morgan fingerprint density at radius 3 is 2.11 bits per heavy atom. The molecule has 0 spiro atoms. The SMILES string of the molecule is CCC1(CC)O[C@@H]1CO. The fraction of sp³-hybridized carbons (Fsp3) is 1.00. The Labute approximate surface area is 55.8 Å². The first-order valence-corrected chi connectivity index (χ1v) is 3.57. The van der Waals surface area contributed by atoms with Crippen LogP contribution in [-0.4, -0.2) is 23.4 Å². The van der Waals surface area contributed by atoms with Gasteiger partial charge >= 0.3 is 0 Å². The molecule has 0 bridgehead atoms. The van der Waals surface area contributed by atoms with Crippen molar-refractivity contribution < 1.29 is 9.84 Å². The fourth-order valence-electron chi connectivity index (χ4n) is 1.32. The molecule has 0 aliphatic carbocycles. The quantitative estimate of drug-likeness (QED) is 0.576. The molecule has 1 rings (SSSR count). The van der Waals surface area contributed by atoms with Gasteiger partial charge in [0, 0.05) is 0 Å². The minimum atomic E-state index is 0.0503. The predicted molar refractivity (Wildman–Crippen MR) is 35.3 cm³/mol. The van der Waals surface area contributed by atoms with Crippen LogP contribution in [0.1, 0.15) is 26.7 Å². The van der Waals surface area contributed by atoms with Gasteiger partial charge in [-0.25, -0.2) is 0 Å². The van der Waals surface area contributed by atoms with Gasteiger partial charge in [-0.3, -0.25) is 0 Å². The number of aliphatic hydroxyl groups is 1. The molecule has 1 N–H and O–H groups in total. The Morgan fingerprint density at radius 2 is 2.00 bits per heavy atom. The second-order valence-corrected chi connectivity index (χ2v) is 2.56. The molecule has 0 amide bonds. The van der Waals surface area contributed by atoms with Crippen LogP contribution in [0.5, 0.6) is 0 Å². The van der Waals surface area contributed by atoms with E-state index in [9.17, 15) is 0 Å². The average molecular weight is 130 g/mol. The van der Waals surface area contributed by atoms with Crippen LogP contribution in [0.4, 0.5) is 0 Å². The van der Waals surface area contributed by atoms with Crippen LogP contribution in [0.3, 0.4) is 0 Å². The summed E-state index contributed by atoms with van der Waals surface area (Å²) in [7, 11) is 0. The van der Waals surface area contributed by atoms with Crippen molar-refractivity contribution in [2.75, 3.05) is 6.61 Å². The van der Waals surface area contributed by atoms with E-state index in [1.165, 1.54) is 0 Å². The summed E-state index contributed by atoms with van der Waals surface area (Å²) in [5.41, 5.74) is 0.0503. The molecule has 54 valence electrons. The average Bonchev–Trinajstić information content (AvgIpc) is 2.63. The summed E-state index contributed by atoms with van der Waals surface area (Å²) < 4.78 is 5.30. The van der Waals surface area contributed by atoms with Gasteiger partial charge in [0.15, 0.2) is 0 Å². The van der Waals surface area contributed by atoms with Gasteiger partial charge in [0.2, 0.25) is 0 Å². The highest BCUT2D eigenvalue weighted by atomic mass is 16.6. The van der Waals surface area contributed by atoms with Gasteiger partial charge in [0.25, 0.3) is 0 Å². The van der Waals surface area contributed by atoms with E-state index in [1.807, 2.05) is 0 Å². The van der Waals surface area contributed by atoms with E-state index in [0.717, 1.165) is 12.8 Å². The van der Waals surface area contributed by atoms with Crippen molar-refractivity contribution in [2.24, 2.45) is 0 Å². The van der Waals surface area contributed by atoms with Crippen LogP contribution in [0.25, 0.3) is 0 Å². The summed E-state index contributed by atoms with van der Waals surface area (Å²) in [4.78, 5) is 0. The van der Waals surface area contributed by atoms with Crippen molar-refractivity contribution in [3.63, 3.8) is 0 Å². The zero-order valence-corrected chi connectivity index (χ0v) is 6.05. The van der Waals surface area contributed by atoms with Crippen LogP contribution in [0.2, 0.25) is 0 Å². The summed E-state index contributed by atoms with van der Waals surface area (Å²) in [6.07, 6.45) is 2.18. The summed E-state index contributed by atoms with van der Waals surface area (Å²) in [6, 6.07) is 0. The third-order valence-corrected chi connectivity index (χ3v) is 2.27. The Morgan fingerprint density at radius 1 is 1.44 bits per heavy atom. The summed E-state index contributed by atoms with van der Waals surface area (Å²) in [6.45, 7) is 4.38. The zero-order valence-electron chi connectivity index (χ0n) is 6.05. The van der Waals surface area contributed by atoms with E-state index in [1.54, 1.807) is 0 Å². The third kappa shape index (κ3) is 0.970. The van der Waals surface area contributed by atoms with Crippen molar-refractivity contribution in [3.8, 4) is 0 Å². The maximum Gasteiger partial charge on any atom is 0.110 e. The van der Waals surface area contributed by atoms with Gasteiger partial charge < -0.3 is 9.84 Å². The van der Waals surface area contributed by atoms with Crippen LogP contribution in [0, 0.1) is 0 Å². The first-order valence-electron chi connectivity index (χ1n) is 3.57. The maximum absolute atomic E-state index is 8.68. The largest absolute Gasteiger partial charge is 0.394 e. The molecular formula is C7H14O2. The van der Waals surface area contributed by atoms with Crippen LogP contribution >= 0.6 is 0 Å². The van der Waals surface area contributed by atoms with Crippen LogP contribution < -0.4 is 0 Å². The molecule has 2 nitrogen and oxygen atoms in total. The smallest absolute Gasteiger partial charge is 0.110 e. The molecule has 1 atom stereocenters. The summed E-state index contributed by atoms with van der Waals surface area (Å²) in [5.74, 6) is 0. The number of hydrogen-bond donors (Lipinski definition) is 1. The Balaban J connectivity index is 2.37. The number of ether oxygens (including phenoxy) is 1. The lowest BCUT2D eigenvalue weighted by molar-refractivity contribution is 0.232. The molecule has 0 saturated carbocycles. The number of epoxide rings is 1. The fourth-order valence-corrected chi connectivity index (χ4v) is 1.32. The molecule has 9 heavy (non-hydrogen) atoms. The molecule has 0 aromatic carbocycles. The van der Waals surface area contributed by atoms with E-state index in [-0.39, 0.29) is 18.3 Å². The van der Waals surface area contributed by atoms with Crippen molar-refractivity contribution in [1.29, 1.82) is 0 Å². The topological polar surface area (TPSA) is 32.8 Å². The Hall–Kier alpha value is -0.0800. The highest BCUT2D eigenvalue weighted by Gasteiger charge is 2.52. The minimum Gasteiger partial charge on any atom is -0.394 e. The van der Waals surface area contributed by atoms with Crippen molar-refractivity contribution in [2.45, 2.75) is 38.4 Å². The zero-order chi connectivity index (χ0) is 6.91. The maximum atomic E-state index is 8.68. The normalized spacial score (nSPS) is 30.3. The molecule has 1 aliphatic heterocycles. The number of hydrogen-bond acceptors (Lipinski definition) is 2. The molecule has 0 aromatic rings. The van der Waals surface area contributed by atoms with Gasteiger partial charge in [-0.05, 0) is 12.8 Å². The number of rotatable bonds is 3. The third-order valence-electron chi connectivity index (χ3n) is 2.27. The lowest BCUT2D eigenvalue weighted by Crippen LogP contribution is -2.14. The molecule has 0 unspecified atom stereocenters. The van der Waals surface area contributed by atoms with E-state index >= 15 is 0 Å². The van der Waals surface area contributed by atoms with E-state index in [2.05, 4.69) is 13.8 Å². The van der Waals surface area contributed by atoms with Crippen molar-refractivity contribution >= 4 is 0 Å². The standard InChI is InChI=1S/C7H14O2/c1-3-7(4-2)6(5-8)9-7/h6,8H,3-5H2,1-2H3/t6-/m1/s1. The van der Waals surface area contributed by atoms with Crippen LogP contribution in [0.15, 0.2) is 0 Å². The van der Waals surface area contributed by atoms with Crippen LogP contribution in [-0.2, 0) is 4.74 Å². The van der Waals surface area contributed by atoms with E-state index < -0.39 is 0 Å². The van der Waals surface area contributed by atoms with Gasteiger partial charge in [-0.15, -0.1) is 0 Å². The monoisotopic (exact) mass is 130 g/mol. The molecule has 1 saturated heterocycles. The molecule has 0 radical (unpaired) electrons. The number of aliphatic hydroxyl groups excluding tert-OH is 1. The van der Waals surface area contributed by atoms with Gasteiger partial charge in [-0.2, -0.15) is 0 Å². The lowest BCUT2D eigenvalue weighted by Gasteiger charge is -2.03. The highest BCUT2D eigenvalue weighted by Crippen LogP contribution is 2.41. The molecule has 1 heterocycles.